The lowest BCUT2D eigenvalue weighted by molar-refractivity contribution is -0.137. The summed E-state index contributed by atoms with van der Waals surface area (Å²) < 4.78 is 0. The second kappa shape index (κ2) is 18.8. The van der Waals surface area contributed by atoms with E-state index in [0.29, 0.717) is 6.42 Å². The van der Waals surface area contributed by atoms with Crippen LogP contribution in [-0.4, -0.2) is 18.1 Å². The van der Waals surface area contributed by atoms with Crippen molar-refractivity contribution in [2.24, 2.45) is 5.73 Å². The third-order valence-electron chi connectivity index (χ3n) is 2.99. The van der Waals surface area contributed by atoms with E-state index in [1.165, 1.54) is 64.8 Å². The normalized spacial score (nSPS) is 9.72. The quantitative estimate of drug-likeness (QED) is 0.512. The van der Waals surface area contributed by atoms with Crippen LogP contribution in [0.5, 0.6) is 0 Å². The first-order chi connectivity index (χ1) is 8.77. The molecule has 0 unspecified atom stereocenters. The standard InChI is InChI=1S/C14H28O2.CH5N/c1-2-3-4-5-6-7-8-9-10-11-12-13-14(15)16;1-2/h2-13H2,1H3,(H,15,16);2H2,1H3. The first-order valence-corrected chi connectivity index (χ1v) is 7.57. The minimum atomic E-state index is -0.657. The van der Waals surface area contributed by atoms with Gasteiger partial charge in [-0.1, -0.05) is 71.1 Å². The largest absolute Gasteiger partial charge is 0.481 e. The molecule has 0 aliphatic heterocycles. The average Bonchev–Trinajstić information content (AvgIpc) is 2.38. The molecule has 3 nitrogen and oxygen atoms in total. The second-order valence-corrected chi connectivity index (χ2v) is 4.68. The Morgan fingerprint density at radius 1 is 0.778 bits per heavy atom. The van der Waals surface area contributed by atoms with Crippen molar-refractivity contribution in [1.82, 2.24) is 0 Å². The van der Waals surface area contributed by atoms with Gasteiger partial charge in [-0.05, 0) is 13.5 Å². The number of hydrogen-bond acceptors (Lipinski definition) is 2. The Bertz CT molecular complexity index is 161. The average molecular weight is 259 g/mol. The molecule has 0 atom stereocenters. The van der Waals surface area contributed by atoms with E-state index < -0.39 is 5.97 Å². The molecule has 0 aromatic rings. The van der Waals surface area contributed by atoms with Gasteiger partial charge in [0, 0.05) is 6.42 Å². The highest BCUT2D eigenvalue weighted by Gasteiger charge is 1.96. The summed E-state index contributed by atoms with van der Waals surface area (Å²) in [5, 5.41) is 8.46. The zero-order chi connectivity index (χ0) is 14.1. The van der Waals surface area contributed by atoms with Gasteiger partial charge in [0.1, 0.15) is 0 Å². The topological polar surface area (TPSA) is 63.3 Å². The molecule has 18 heavy (non-hydrogen) atoms. The number of unbranched alkanes of at least 4 members (excludes halogenated alkanes) is 10. The van der Waals surface area contributed by atoms with Crippen LogP contribution in [0.1, 0.15) is 84.0 Å². The van der Waals surface area contributed by atoms with Crippen LogP contribution in [0.3, 0.4) is 0 Å². The van der Waals surface area contributed by atoms with Gasteiger partial charge in [-0.15, -0.1) is 0 Å². The first kappa shape index (κ1) is 19.8. The summed E-state index contributed by atoms with van der Waals surface area (Å²) in [6.07, 6.45) is 14.4. The van der Waals surface area contributed by atoms with Crippen LogP contribution in [0.2, 0.25) is 0 Å². The highest BCUT2D eigenvalue weighted by molar-refractivity contribution is 5.66. The Labute approximate surface area is 113 Å². The van der Waals surface area contributed by atoms with Gasteiger partial charge in [-0.25, -0.2) is 0 Å². The minimum Gasteiger partial charge on any atom is -0.481 e. The van der Waals surface area contributed by atoms with Gasteiger partial charge in [-0.3, -0.25) is 4.79 Å². The van der Waals surface area contributed by atoms with Gasteiger partial charge in [0.25, 0.3) is 0 Å². The highest BCUT2D eigenvalue weighted by atomic mass is 16.4. The number of carbonyl (C=O) groups is 1. The monoisotopic (exact) mass is 259 g/mol. The maximum atomic E-state index is 10.3. The van der Waals surface area contributed by atoms with Gasteiger partial charge in [0.15, 0.2) is 0 Å². The lowest BCUT2D eigenvalue weighted by Crippen LogP contribution is -1.93. The molecule has 0 aliphatic carbocycles. The van der Waals surface area contributed by atoms with Crippen molar-refractivity contribution in [3.05, 3.63) is 0 Å². The molecule has 110 valence electrons. The summed E-state index contributed by atoms with van der Waals surface area (Å²) >= 11 is 0. The first-order valence-electron chi connectivity index (χ1n) is 7.57. The van der Waals surface area contributed by atoms with Crippen molar-refractivity contribution in [1.29, 1.82) is 0 Å². The number of rotatable bonds is 12. The van der Waals surface area contributed by atoms with Crippen molar-refractivity contribution in [3.8, 4) is 0 Å². The van der Waals surface area contributed by atoms with E-state index >= 15 is 0 Å². The maximum Gasteiger partial charge on any atom is 0.303 e. The fourth-order valence-corrected chi connectivity index (χ4v) is 1.94. The molecule has 0 saturated heterocycles. The highest BCUT2D eigenvalue weighted by Crippen LogP contribution is 2.11. The Morgan fingerprint density at radius 2 is 1.11 bits per heavy atom. The van der Waals surface area contributed by atoms with Crippen LogP contribution < -0.4 is 5.73 Å². The third kappa shape index (κ3) is 20.8. The van der Waals surface area contributed by atoms with E-state index in [2.05, 4.69) is 12.7 Å². The maximum absolute atomic E-state index is 10.3. The number of hydrogen-bond donors (Lipinski definition) is 2. The second-order valence-electron chi connectivity index (χ2n) is 4.68. The Hall–Kier alpha value is -0.570. The van der Waals surface area contributed by atoms with Crippen LogP contribution in [0.15, 0.2) is 0 Å². The van der Waals surface area contributed by atoms with E-state index in [9.17, 15) is 4.79 Å². The van der Waals surface area contributed by atoms with Crippen molar-refractivity contribution in [2.45, 2.75) is 84.0 Å². The Balaban J connectivity index is 0. The van der Waals surface area contributed by atoms with Crippen molar-refractivity contribution in [3.63, 3.8) is 0 Å². The van der Waals surface area contributed by atoms with E-state index in [-0.39, 0.29) is 0 Å². The molecule has 0 heterocycles. The number of carboxylic acid groups (broad SMARTS) is 1. The molecule has 0 rings (SSSR count). The van der Waals surface area contributed by atoms with Gasteiger partial charge in [-0.2, -0.15) is 0 Å². The molecular weight excluding hydrogens is 226 g/mol. The molecule has 0 aliphatic rings. The molecule has 0 bridgehead atoms. The fraction of sp³-hybridized carbons (Fsp3) is 0.933. The zero-order valence-electron chi connectivity index (χ0n) is 12.4. The Morgan fingerprint density at radius 3 is 1.44 bits per heavy atom. The van der Waals surface area contributed by atoms with Gasteiger partial charge < -0.3 is 10.8 Å². The lowest BCUT2D eigenvalue weighted by atomic mass is 10.1. The molecule has 0 aromatic heterocycles. The van der Waals surface area contributed by atoms with E-state index in [0.717, 1.165) is 12.8 Å². The number of nitrogens with two attached hydrogens (primary N) is 1. The van der Waals surface area contributed by atoms with Crippen molar-refractivity contribution >= 4 is 5.97 Å². The summed E-state index contributed by atoms with van der Waals surface area (Å²) in [4.78, 5) is 10.3. The van der Waals surface area contributed by atoms with Crippen LogP contribution >= 0.6 is 0 Å². The number of carboxylic acids is 1. The molecule has 0 amide bonds. The summed E-state index contributed by atoms with van der Waals surface area (Å²) in [6.45, 7) is 2.25. The molecule has 0 spiro atoms. The minimum absolute atomic E-state index is 0.344. The van der Waals surface area contributed by atoms with E-state index in [1.54, 1.807) is 0 Å². The molecule has 0 aromatic carbocycles. The molecule has 0 saturated carbocycles. The molecule has 3 heteroatoms. The molecular formula is C15H33NO2. The summed E-state index contributed by atoms with van der Waals surface area (Å²) in [5.41, 5.74) is 4.50. The zero-order valence-corrected chi connectivity index (χ0v) is 12.4. The third-order valence-corrected chi connectivity index (χ3v) is 2.99. The van der Waals surface area contributed by atoms with Crippen LogP contribution in [-0.2, 0) is 4.79 Å². The van der Waals surface area contributed by atoms with Crippen LogP contribution in [0.25, 0.3) is 0 Å². The predicted octanol–water partition coefficient (Wildman–Crippen LogP) is 4.35. The molecule has 0 radical (unpaired) electrons. The summed E-state index contributed by atoms with van der Waals surface area (Å²) in [5.74, 6) is -0.657. The molecule has 3 N–H and O–H groups in total. The van der Waals surface area contributed by atoms with Gasteiger partial charge in [0.2, 0.25) is 0 Å². The summed E-state index contributed by atoms with van der Waals surface area (Å²) in [6, 6.07) is 0. The SMILES string of the molecule is CCCCCCCCCCCCCC(=O)O.CN. The van der Waals surface area contributed by atoms with Crippen LogP contribution in [0, 0.1) is 0 Å². The van der Waals surface area contributed by atoms with E-state index in [4.69, 9.17) is 5.11 Å². The van der Waals surface area contributed by atoms with Gasteiger partial charge in [0.05, 0.1) is 0 Å². The number of aliphatic carboxylic acids is 1. The van der Waals surface area contributed by atoms with Crippen molar-refractivity contribution < 1.29 is 9.90 Å². The summed E-state index contributed by atoms with van der Waals surface area (Å²) in [7, 11) is 1.50. The smallest absolute Gasteiger partial charge is 0.303 e. The lowest BCUT2D eigenvalue weighted by Gasteiger charge is -2.01. The fourth-order valence-electron chi connectivity index (χ4n) is 1.94. The molecule has 0 fully saturated rings. The predicted molar refractivity (Wildman–Crippen MR) is 78.8 cm³/mol. The van der Waals surface area contributed by atoms with Crippen molar-refractivity contribution in [2.75, 3.05) is 7.05 Å². The van der Waals surface area contributed by atoms with Crippen LogP contribution in [0.4, 0.5) is 0 Å². The van der Waals surface area contributed by atoms with E-state index in [1.807, 2.05) is 0 Å². The van der Waals surface area contributed by atoms with Gasteiger partial charge >= 0.3 is 5.97 Å². The Kier molecular flexibility index (Phi) is 20.6.